The molecule has 0 N–H and O–H groups in total. The Bertz CT molecular complexity index is 2590. The average Bonchev–Trinajstić information content (AvgIpc) is 3.32. The lowest BCUT2D eigenvalue weighted by Crippen LogP contribution is -2.41. The first-order chi connectivity index (χ1) is 35.0. The lowest BCUT2D eigenvalue weighted by atomic mass is 9.75. The van der Waals surface area contributed by atoms with E-state index < -0.39 is 24.6 Å². The third-order valence-electron chi connectivity index (χ3n) is 15.3. The number of aryl methyl sites for hydroxylation is 12. The predicted molar refractivity (Wildman–Crippen MR) is 315 cm³/mol. The lowest BCUT2D eigenvalue weighted by molar-refractivity contribution is -0.0181. The minimum absolute atomic E-state index is 0.585. The quantitative estimate of drug-likeness (QED) is 0.0448. The van der Waals surface area contributed by atoms with E-state index in [-0.39, 0.29) is 0 Å². The van der Waals surface area contributed by atoms with Crippen LogP contribution in [0.2, 0.25) is 0 Å². The summed E-state index contributed by atoms with van der Waals surface area (Å²) in [5, 5.41) is 0. The minimum Gasteiger partial charge on any atom is -0.266 e. The number of unbranched alkanes of at least 4 members (excludes halogenated alkanes) is 3. The standard InChI is InChI=1S/C69H87O4P/c1-19-22-25-58(16)67(61-34-28-46(4)40-52(61)10,62-35-29-47(5)41-53(62)11)71-74(70,72-68(59(17)26-23-20-2,63-36-30-48(6)42-54(63)12)64-37-31-49(7)43-55(64)13)73-69(60(18)27-24-21-3,65-38-32-50(8)44-56(65)14)66-39-33-51(9)45-57(66)15/h28-45H,16-27H2,1-15H3. The van der Waals surface area contributed by atoms with Crippen LogP contribution in [0.1, 0.15) is 179 Å². The number of hydrogen-bond donors (Lipinski definition) is 0. The van der Waals surface area contributed by atoms with Crippen molar-refractivity contribution in [2.24, 2.45) is 0 Å². The molecular weight excluding hydrogens is 924 g/mol. The monoisotopic (exact) mass is 1010 g/mol. The van der Waals surface area contributed by atoms with Crippen LogP contribution in [0.25, 0.3) is 0 Å². The smallest absolute Gasteiger partial charge is 0.266 e. The first kappa shape index (κ1) is 57.9. The second kappa shape index (κ2) is 24.1. The molecule has 0 radical (unpaired) electrons. The maximum atomic E-state index is 18.7. The van der Waals surface area contributed by atoms with Crippen LogP contribution in [0.3, 0.4) is 0 Å². The van der Waals surface area contributed by atoms with Crippen molar-refractivity contribution in [3.8, 4) is 0 Å². The van der Waals surface area contributed by atoms with Crippen molar-refractivity contribution in [3.63, 3.8) is 0 Å². The van der Waals surface area contributed by atoms with E-state index in [1.54, 1.807) is 0 Å². The molecule has 0 spiro atoms. The average molecular weight is 1010 g/mol. The highest BCUT2D eigenvalue weighted by atomic mass is 31.2. The second-order valence-corrected chi connectivity index (χ2v) is 23.2. The van der Waals surface area contributed by atoms with Crippen molar-refractivity contribution in [2.45, 2.75) is 178 Å². The molecule has 0 aliphatic carbocycles. The molecular formula is C69H87O4P. The van der Waals surface area contributed by atoms with Gasteiger partial charge in [0.05, 0.1) is 0 Å². The van der Waals surface area contributed by atoms with E-state index in [0.717, 1.165) is 155 Å². The molecule has 5 heteroatoms. The van der Waals surface area contributed by atoms with Gasteiger partial charge in [-0.15, -0.1) is 0 Å². The first-order valence-corrected chi connectivity index (χ1v) is 28.7. The minimum atomic E-state index is -5.21. The van der Waals surface area contributed by atoms with Gasteiger partial charge in [-0.3, -0.25) is 13.6 Å². The lowest BCUT2D eigenvalue weighted by Gasteiger charge is -2.48. The highest BCUT2D eigenvalue weighted by molar-refractivity contribution is 7.48. The van der Waals surface area contributed by atoms with Crippen LogP contribution < -0.4 is 0 Å². The van der Waals surface area contributed by atoms with E-state index in [4.69, 9.17) is 33.3 Å². The van der Waals surface area contributed by atoms with Crippen molar-refractivity contribution in [3.05, 3.63) is 246 Å². The van der Waals surface area contributed by atoms with E-state index in [9.17, 15) is 0 Å². The van der Waals surface area contributed by atoms with E-state index in [0.29, 0.717) is 19.3 Å². The molecule has 6 aromatic carbocycles. The van der Waals surface area contributed by atoms with Gasteiger partial charge in [0.2, 0.25) is 0 Å². The van der Waals surface area contributed by atoms with Crippen molar-refractivity contribution < 1.29 is 18.1 Å². The highest BCUT2D eigenvalue weighted by Gasteiger charge is 2.58. The molecule has 0 fully saturated rings. The molecule has 392 valence electrons. The fourth-order valence-electron chi connectivity index (χ4n) is 11.6. The summed E-state index contributed by atoms with van der Waals surface area (Å²) in [5.41, 5.74) is 14.9. The van der Waals surface area contributed by atoms with Crippen LogP contribution in [0, 0.1) is 83.1 Å². The van der Waals surface area contributed by atoms with Gasteiger partial charge in [-0.25, -0.2) is 4.57 Å². The molecule has 0 atom stereocenters. The third kappa shape index (κ3) is 11.7. The normalized spacial score (nSPS) is 12.3. The summed E-state index contributed by atoms with van der Waals surface area (Å²) in [6.45, 7) is 46.9. The molecule has 74 heavy (non-hydrogen) atoms. The number of rotatable bonds is 24. The summed E-state index contributed by atoms with van der Waals surface area (Å²) >= 11 is 0. The van der Waals surface area contributed by atoms with E-state index in [1.165, 1.54) is 0 Å². The van der Waals surface area contributed by atoms with Crippen LogP contribution >= 0.6 is 7.82 Å². The van der Waals surface area contributed by atoms with Gasteiger partial charge in [-0.05, 0) is 205 Å². The van der Waals surface area contributed by atoms with Crippen LogP contribution in [-0.4, -0.2) is 0 Å². The maximum absolute atomic E-state index is 18.7. The zero-order chi connectivity index (χ0) is 54.3. The molecule has 0 bridgehead atoms. The Morgan fingerprint density at radius 1 is 0.351 bits per heavy atom. The molecule has 6 aromatic rings. The molecule has 0 amide bonds. The largest absolute Gasteiger partial charge is 0.479 e. The van der Waals surface area contributed by atoms with Gasteiger partial charge in [-0.1, -0.05) is 202 Å². The van der Waals surface area contributed by atoms with Gasteiger partial charge in [0.1, 0.15) is 0 Å². The van der Waals surface area contributed by atoms with Crippen LogP contribution in [0.4, 0.5) is 0 Å². The molecule has 0 aliphatic heterocycles. The predicted octanol–water partition coefficient (Wildman–Crippen LogP) is 19.9. The second-order valence-electron chi connectivity index (χ2n) is 21.8. The Hall–Kier alpha value is -5.35. The maximum Gasteiger partial charge on any atom is 0.479 e. The van der Waals surface area contributed by atoms with Crippen molar-refractivity contribution in [1.82, 2.24) is 0 Å². The fourth-order valence-corrected chi connectivity index (χ4v) is 13.7. The Morgan fingerprint density at radius 2 is 0.527 bits per heavy atom. The summed E-state index contributed by atoms with van der Waals surface area (Å²) < 4.78 is 43.3. The zero-order valence-corrected chi connectivity index (χ0v) is 48.9. The van der Waals surface area contributed by atoms with Crippen LogP contribution in [0.15, 0.2) is 146 Å². The summed E-state index contributed by atoms with van der Waals surface area (Å²) in [4.78, 5) is 0. The Balaban J connectivity index is 1.94. The fraction of sp³-hybridized carbons (Fsp3) is 0.391. The van der Waals surface area contributed by atoms with Gasteiger partial charge < -0.3 is 0 Å². The summed E-state index contributed by atoms with van der Waals surface area (Å²) in [6.07, 6.45) is 7.00. The topological polar surface area (TPSA) is 44.8 Å². The zero-order valence-electron chi connectivity index (χ0n) is 48.0. The van der Waals surface area contributed by atoms with Gasteiger partial charge in [0.25, 0.3) is 0 Å². The molecule has 0 saturated heterocycles. The summed E-state index contributed by atoms with van der Waals surface area (Å²) in [6, 6.07) is 38.6. The molecule has 0 saturated carbocycles. The molecule has 4 nitrogen and oxygen atoms in total. The molecule has 0 aliphatic rings. The summed E-state index contributed by atoms with van der Waals surface area (Å²) in [5.74, 6) is 0. The van der Waals surface area contributed by atoms with Crippen LogP contribution in [-0.2, 0) is 34.9 Å². The van der Waals surface area contributed by atoms with Crippen molar-refractivity contribution in [2.75, 3.05) is 0 Å². The van der Waals surface area contributed by atoms with Gasteiger partial charge in [0, 0.05) is 0 Å². The highest BCUT2D eigenvalue weighted by Crippen LogP contribution is 2.69. The Morgan fingerprint density at radius 3 is 0.676 bits per heavy atom. The van der Waals surface area contributed by atoms with Gasteiger partial charge in [-0.2, -0.15) is 0 Å². The van der Waals surface area contributed by atoms with E-state index >= 15 is 4.57 Å². The van der Waals surface area contributed by atoms with E-state index in [2.05, 4.69) is 213 Å². The number of benzene rings is 6. The summed E-state index contributed by atoms with van der Waals surface area (Å²) in [7, 11) is -5.21. The number of phosphoric ester groups is 1. The molecule has 0 aromatic heterocycles. The first-order valence-electron chi connectivity index (χ1n) is 27.3. The van der Waals surface area contributed by atoms with E-state index in [1.807, 2.05) is 0 Å². The SMILES string of the molecule is C=C(CCCC)C(OP(=O)(OC(C(=C)CCCC)(c1ccc(C)cc1C)c1ccc(C)cc1C)OC(C(=C)CCCC)(c1ccc(C)cc1C)c1ccc(C)cc1C)(c1ccc(C)cc1C)c1ccc(C)cc1C. The Kier molecular flexibility index (Phi) is 18.9. The Labute approximate surface area is 448 Å². The van der Waals surface area contributed by atoms with Crippen LogP contribution in [0.5, 0.6) is 0 Å². The van der Waals surface area contributed by atoms with Gasteiger partial charge >= 0.3 is 7.82 Å². The number of phosphoric acid groups is 1. The third-order valence-corrected chi connectivity index (χ3v) is 16.8. The number of hydrogen-bond acceptors (Lipinski definition) is 4. The van der Waals surface area contributed by atoms with Crippen molar-refractivity contribution >= 4 is 7.82 Å². The molecule has 0 unspecified atom stereocenters. The van der Waals surface area contributed by atoms with Gasteiger partial charge in [0.15, 0.2) is 16.8 Å². The van der Waals surface area contributed by atoms with Crippen molar-refractivity contribution in [1.29, 1.82) is 0 Å². The molecule has 0 heterocycles. The molecule has 6 rings (SSSR count).